The number of benzene rings is 1. The Morgan fingerprint density at radius 2 is 2.04 bits per heavy atom. The zero-order chi connectivity index (χ0) is 17.9. The lowest BCUT2D eigenvalue weighted by atomic mass is 10.0. The Balaban J connectivity index is 0.00000312. The highest BCUT2D eigenvalue weighted by Crippen LogP contribution is 2.30. The molecule has 0 fully saturated rings. The molecule has 1 aromatic heterocycles. The van der Waals surface area contributed by atoms with Gasteiger partial charge in [-0.1, -0.05) is 26.0 Å². The van der Waals surface area contributed by atoms with E-state index in [1.165, 1.54) is 13.2 Å². The van der Waals surface area contributed by atoms with Crippen molar-refractivity contribution in [2.75, 3.05) is 5.32 Å². The van der Waals surface area contributed by atoms with Gasteiger partial charge in [0.1, 0.15) is 0 Å². The lowest BCUT2D eigenvalue weighted by molar-refractivity contribution is -0.142. The minimum Gasteiger partial charge on any atom is -0.370 e. The van der Waals surface area contributed by atoms with E-state index in [4.69, 9.17) is 5.73 Å². The van der Waals surface area contributed by atoms with Crippen molar-refractivity contribution in [2.24, 2.45) is 17.8 Å². The summed E-state index contributed by atoms with van der Waals surface area (Å²) in [5.74, 6) is 0.405. The summed E-state index contributed by atoms with van der Waals surface area (Å²) in [5, 5.41) is 6.33. The first-order chi connectivity index (χ1) is 11.2. The molecule has 3 N–H and O–H groups in total. The summed E-state index contributed by atoms with van der Waals surface area (Å²) >= 11 is 0. The molecule has 1 aromatic carbocycles. The topological polar surface area (TPSA) is 68.2 Å². The third kappa shape index (κ3) is 5.91. The van der Waals surface area contributed by atoms with E-state index >= 15 is 0 Å². The summed E-state index contributed by atoms with van der Waals surface area (Å²) in [5.41, 5.74) is 6.68. The molecule has 9 heteroatoms. The number of hydrogen-bond donors (Lipinski definition) is 2. The fourth-order valence-corrected chi connectivity index (χ4v) is 2.23. The third-order valence-corrected chi connectivity index (χ3v) is 3.42. The van der Waals surface area contributed by atoms with Crippen molar-refractivity contribution in [3.8, 4) is 0 Å². The highest BCUT2D eigenvalue weighted by molar-refractivity contribution is 14.0. The van der Waals surface area contributed by atoms with Gasteiger partial charge < -0.3 is 11.1 Å². The van der Waals surface area contributed by atoms with Crippen LogP contribution in [0.5, 0.6) is 0 Å². The maximum absolute atomic E-state index is 12.9. The number of nitrogens with zero attached hydrogens (tertiary/aromatic N) is 3. The number of nitrogens with one attached hydrogen (secondary N) is 1. The Morgan fingerprint density at radius 1 is 1.36 bits per heavy atom. The molecule has 25 heavy (non-hydrogen) atoms. The zero-order valence-electron chi connectivity index (χ0n) is 14.1. The summed E-state index contributed by atoms with van der Waals surface area (Å²) in [6, 6.07) is 7.62. The summed E-state index contributed by atoms with van der Waals surface area (Å²) in [7, 11) is 1.43. The van der Waals surface area contributed by atoms with Crippen molar-refractivity contribution in [1.29, 1.82) is 0 Å². The number of aromatic nitrogens is 2. The molecule has 5 nitrogen and oxygen atoms in total. The minimum atomic E-state index is -4.51. The first-order valence-electron chi connectivity index (χ1n) is 7.43. The van der Waals surface area contributed by atoms with E-state index < -0.39 is 11.9 Å². The summed E-state index contributed by atoms with van der Waals surface area (Å²) in [6.07, 6.45) is -3.22. The highest BCUT2D eigenvalue weighted by atomic mass is 127. The van der Waals surface area contributed by atoms with Gasteiger partial charge in [-0.25, -0.2) is 4.99 Å². The van der Waals surface area contributed by atoms with Crippen LogP contribution in [0.3, 0.4) is 0 Å². The van der Waals surface area contributed by atoms with Gasteiger partial charge in [0.25, 0.3) is 0 Å². The quantitative estimate of drug-likeness (QED) is 0.404. The van der Waals surface area contributed by atoms with Gasteiger partial charge >= 0.3 is 6.18 Å². The van der Waals surface area contributed by atoms with Gasteiger partial charge in [-0.2, -0.15) is 18.3 Å². The lowest BCUT2D eigenvalue weighted by Gasteiger charge is -2.10. The molecule has 0 unspecified atom stereocenters. The first kappa shape index (κ1) is 21.3. The van der Waals surface area contributed by atoms with Crippen LogP contribution < -0.4 is 11.1 Å². The molecule has 0 aliphatic rings. The summed E-state index contributed by atoms with van der Waals surface area (Å²) in [4.78, 5) is 3.98. The van der Waals surface area contributed by atoms with E-state index in [0.29, 0.717) is 5.92 Å². The maximum Gasteiger partial charge on any atom is 0.435 e. The van der Waals surface area contributed by atoms with Crippen LogP contribution >= 0.6 is 24.0 Å². The van der Waals surface area contributed by atoms with Crippen molar-refractivity contribution in [2.45, 2.75) is 32.5 Å². The van der Waals surface area contributed by atoms with Crippen molar-refractivity contribution < 1.29 is 13.2 Å². The molecule has 0 atom stereocenters. The molecule has 0 saturated carbocycles. The average molecular weight is 467 g/mol. The lowest BCUT2D eigenvalue weighted by Crippen LogP contribution is -2.22. The van der Waals surface area contributed by atoms with E-state index in [2.05, 4.69) is 29.3 Å². The molecule has 0 aliphatic carbocycles. The van der Waals surface area contributed by atoms with Gasteiger partial charge in [-0.3, -0.25) is 4.68 Å². The van der Waals surface area contributed by atoms with Crippen molar-refractivity contribution >= 4 is 35.6 Å². The van der Waals surface area contributed by atoms with Crippen LogP contribution in [0, 0.1) is 0 Å². The molecule has 138 valence electrons. The number of aryl methyl sites for hydroxylation is 1. The van der Waals surface area contributed by atoms with Crippen LogP contribution in [0.4, 0.5) is 18.9 Å². The van der Waals surface area contributed by atoms with Crippen LogP contribution in [0.2, 0.25) is 0 Å². The minimum absolute atomic E-state index is 0. The van der Waals surface area contributed by atoms with E-state index in [1.54, 1.807) is 0 Å². The smallest absolute Gasteiger partial charge is 0.370 e. The molecule has 1 heterocycles. The van der Waals surface area contributed by atoms with Crippen LogP contribution in [0.15, 0.2) is 35.5 Å². The Labute approximate surface area is 161 Å². The van der Waals surface area contributed by atoms with Crippen molar-refractivity contribution in [3.05, 3.63) is 47.3 Å². The molecular weight excluding hydrogens is 446 g/mol. The van der Waals surface area contributed by atoms with Gasteiger partial charge in [0.2, 0.25) is 0 Å². The highest BCUT2D eigenvalue weighted by Gasteiger charge is 2.36. The molecule has 0 aliphatic heterocycles. The fourth-order valence-electron chi connectivity index (χ4n) is 2.23. The third-order valence-electron chi connectivity index (χ3n) is 3.42. The van der Waals surface area contributed by atoms with Crippen LogP contribution in [0.25, 0.3) is 0 Å². The number of guanidine groups is 1. The SMILES string of the molecule is CC(C)c1cccc(NC(N)=NCc2cn(C)nc2C(F)(F)F)c1.I. The number of anilines is 1. The van der Waals surface area contributed by atoms with Gasteiger partial charge in [0, 0.05) is 24.5 Å². The van der Waals surface area contributed by atoms with Crippen molar-refractivity contribution in [3.63, 3.8) is 0 Å². The summed E-state index contributed by atoms with van der Waals surface area (Å²) < 4.78 is 39.8. The Morgan fingerprint density at radius 3 is 2.64 bits per heavy atom. The summed E-state index contributed by atoms with van der Waals surface area (Å²) in [6.45, 7) is 3.93. The van der Waals surface area contributed by atoms with Gasteiger partial charge in [0.15, 0.2) is 11.7 Å². The van der Waals surface area contributed by atoms with Crippen molar-refractivity contribution in [1.82, 2.24) is 9.78 Å². The normalized spacial score (nSPS) is 12.2. The van der Waals surface area contributed by atoms with Gasteiger partial charge in [-0.15, -0.1) is 24.0 Å². The number of halogens is 4. The number of nitrogens with two attached hydrogens (primary N) is 1. The molecule has 0 radical (unpaired) electrons. The Kier molecular flexibility index (Phi) is 7.27. The number of alkyl halides is 3. The first-order valence-corrected chi connectivity index (χ1v) is 7.43. The molecule has 0 saturated heterocycles. The van der Waals surface area contributed by atoms with E-state index in [1.807, 2.05) is 24.3 Å². The van der Waals surface area contributed by atoms with Crippen LogP contribution in [-0.2, 0) is 19.8 Å². The molecular formula is C16H21F3IN5. The van der Waals surface area contributed by atoms with Crippen LogP contribution in [0.1, 0.15) is 36.6 Å². The maximum atomic E-state index is 12.9. The second-order valence-electron chi connectivity index (χ2n) is 5.78. The second kappa shape index (κ2) is 8.54. The second-order valence-corrected chi connectivity index (χ2v) is 5.78. The zero-order valence-corrected chi connectivity index (χ0v) is 16.5. The standard InChI is InChI=1S/C16H20F3N5.HI/c1-10(2)11-5-4-6-13(7-11)22-15(20)21-8-12-9-24(3)23-14(12)16(17,18)19;/h4-7,9-10H,8H2,1-3H3,(H3,20,21,22);1H. The molecule has 2 aromatic rings. The van der Waals surface area contributed by atoms with E-state index in [-0.39, 0.29) is 42.0 Å². The Bertz CT molecular complexity index is 738. The van der Waals surface area contributed by atoms with E-state index in [9.17, 15) is 13.2 Å². The van der Waals surface area contributed by atoms with Gasteiger partial charge in [-0.05, 0) is 23.6 Å². The number of rotatable bonds is 4. The molecule has 2 rings (SSSR count). The van der Waals surface area contributed by atoms with Gasteiger partial charge in [0.05, 0.1) is 6.54 Å². The predicted octanol–water partition coefficient (Wildman–Crippen LogP) is 4.11. The molecule has 0 spiro atoms. The largest absolute Gasteiger partial charge is 0.435 e. The monoisotopic (exact) mass is 467 g/mol. The fraction of sp³-hybridized carbons (Fsp3) is 0.375. The molecule has 0 amide bonds. The number of aliphatic imine (C=N–C) groups is 1. The predicted molar refractivity (Wildman–Crippen MR) is 103 cm³/mol. The van der Waals surface area contributed by atoms with E-state index in [0.717, 1.165) is 15.9 Å². The molecule has 0 bridgehead atoms. The average Bonchev–Trinajstić information content (AvgIpc) is 2.86. The number of hydrogen-bond acceptors (Lipinski definition) is 2. The van der Waals surface area contributed by atoms with Crippen LogP contribution in [-0.4, -0.2) is 15.7 Å². The Hall–Kier alpha value is -1.78.